The van der Waals surface area contributed by atoms with Crippen LogP contribution < -0.4 is 15.4 Å². The van der Waals surface area contributed by atoms with Gasteiger partial charge in [0.05, 0.1) is 13.5 Å². The number of halogens is 1. The van der Waals surface area contributed by atoms with Gasteiger partial charge in [0.15, 0.2) is 11.6 Å². The van der Waals surface area contributed by atoms with E-state index >= 15 is 0 Å². The number of carbonyl (C=O) groups is 1. The molecular formula is C16H23FN2O2. The molecule has 0 bridgehead atoms. The first-order valence-corrected chi connectivity index (χ1v) is 7.49. The average Bonchev–Trinajstić information content (AvgIpc) is 2.48. The van der Waals surface area contributed by atoms with E-state index in [9.17, 15) is 9.18 Å². The van der Waals surface area contributed by atoms with Crippen LogP contribution in [-0.2, 0) is 11.2 Å². The molecule has 1 heterocycles. The van der Waals surface area contributed by atoms with Gasteiger partial charge >= 0.3 is 0 Å². The van der Waals surface area contributed by atoms with Gasteiger partial charge in [0.1, 0.15) is 0 Å². The highest BCUT2D eigenvalue weighted by Gasteiger charge is 2.13. The average molecular weight is 294 g/mol. The summed E-state index contributed by atoms with van der Waals surface area (Å²) in [7, 11) is 1.42. The fourth-order valence-corrected chi connectivity index (χ4v) is 2.65. The Labute approximate surface area is 125 Å². The van der Waals surface area contributed by atoms with Crippen LogP contribution in [0.25, 0.3) is 0 Å². The van der Waals surface area contributed by atoms with Gasteiger partial charge in [0.2, 0.25) is 5.91 Å². The van der Waals surface area contributed by atoms with E-state index < -0.39 is 5.82 Å². The molecule has 1 amide bonds. The zero-order valence-electron chi connectivity index (χ0n) is 12.5. The first kappa shape index (κ1) is 15.8. The van der Waals surface area contributed by atoms with Gasteiger partial charge in [0.25, 0.3) is 0 Å². The van der Waals surface area contributed by atoms with Crippen molar-refractivity contribution in [2.24, 2.45) is 5.92 Å². The number of rotatable bonds is 6. The number of methoxy groups -OCH3 is 1. The lowest BCUT2D eigenvalue weighted by molar-refractivity contribution is -0.120. The number of piperidine rings is 1. The summed E-state index contributed by atoms with van der Waals surface area (Å²) in [5.41, 5.74) is 0.658. The van der Waals surface area contributed by atoms with E-state index in [0.717, 1.165) is 19.5 Å². The number of hydrogen-bond donors (Lipinski definition) is 2. The normalized spacial score (nSPS) is 18.3. The van der Waals surface area contributed by atoms with Crippen LogP contribution in [0.15, 0.2) is 18.2 Å². The van der Waals surface area contributed by atoms with Crippen molar-refractivity contribution >= 4 is 5.91 Å². The van der Waals surface area contributed by atoms with E-state index in [1.54, 1.807) is 12.1 Å². The molecule has 1 saturated heterocycles. The Kier molecular flexibility index (Phi) is 5.99. The predicted molar refractivity (Wildman–Crippen MR) is 79.9 cm³/mol. The molecule has 21 heavy (non-hydrogen) atoms. The molecule has 5 heteroatoms. The van der Waals surface area contributed by atoms with Crippen LogP contribution in [0.2, 0.25) is 0 Å². The highest BCUT2D eigenvalue weighted by molar-refractivity contribution is 5.78. The summed E-state index contributed by atoms with van der Waals surface area (Å²) in [6.45, 7) is 2.83. The van der Waals surface area contributed by atoms with Gasteiger partial charge in [0, 0.05) is 6.54 Å². The Morgan fingerprint density at radius 2 is 2.38 bits per heavy atom. The molecule has 1 aliphatic heterocycles. The molecular weight excluding hydrogens is 271 g/mol. The van der Waals surface area contributed by atoms with Crippen LogP contribution in [0.5, 0.6) is 5.75 Å². The lowest BCUT2D eigenvalue weighted by Gasteiger charge is -2.22. The second-order valence-corrected chi connectivity index (χ2v) is 5.50. The topological polar surface area (TPSA) is 50.4 Å². The summed E-state index contributed by atoms with van der Waals surface area (Å²) in [5, 5.41) is 6.27. The largest absolute Gasteiger partial charge is 0.494 e. The standard InChI is InChI=1S/C16H23FN2O2/c1-21-15-5-4-13(9-14(15)17)10-16(20)19-8-6-12-3-2-7-18-11-12/h4-5,9,12,18H,2-3,6-8,10-11H2,1H3,(H,19,20). The highest BCUT2D eigenvalue weighted by atomic mass is 19.1. The quantitative estimate of drug-likeness (QED) is 0.842. The van der Waals surface area contributed by atoms with Crippen LogP contribution in [0, 0.1) is 11.7 Å². The second-order valence-electron chi connectivity index (χ2n) is 5.50. The number of nitrogens with one attached hydrogen (secondary N) is 2. The van der Waals surface area contributed by atoms with Crippen LogP contribution in [0.4, 0.5) is 4.39 Å². The Morgan fingerprint density at radius 3 is 3.05 bits per heavy atom. The minimum atomic E-state index is -0.434. The number of amides is 1. The smallest absolute Gasteiger partial charge is 0.224 e. The van der Waals surface area contributed by atoms with Crippen LogP contribution in [0.3, 0.4) is 0 Å². The van der Waals surface area contributed by atoms with Crippen molar-refractivity contribution in [3.05, 3.63) is 29.6 Å². The van der Waals surface area contributed by atoms with E-state index in [-0.39, 0.29) is 18.1 Å². The van der Waals surface area contributed by atoms with E-state index in [0.29, 0.717) is 18.0 Å². The van der Waals surface area contributed by atoms with Gasteiger partial charge in [-0.05, 0) is 56.0 Å². The summed E-state index contributed by atoms with van der Waals surface area (Å²) in [4.78, 5) is 11.8. The molecule has 1 fully saturated rings. The molecule has 2 N–H and O–H groups in total. The predicted octanol–water partition coefficient (Wildman–Crippen LogP) is 1.88. The molecule has 0 spiro atoms. The Balaban J connectivity index is 1.72. The van der Waals surface area contributed by atoms with Crippen molar-refractivity contribution in [3.8, 4) is 5.75 Å². The van der Waals surface area contributed by atoms with Crippen molar-refractivity contribution in [3.63, 3.8) is 0 Å². The fourth-order valence-electron chi connectivity index (χ4n) is 2.65. The third-order valence-corrected chi connectivity index (χ3v) is 3.85. The SMILES string of the molecule is COc1ccc(CC(=O)NCCC2CCCNC2)cc1F. The maximum absolute atomic E-state index is 13.5. The molecule has 1 aromatic carbocycles. The fraction of sp³-hybridized carbons (Fsp3) is 0.562. The Hall–Kier alpha value is -1.62. The molecule has 2 rings (SSSR count). The zero-order valence-corrected chi connectivity index (χ0v) is 12.5. The lowest BCUT2D eigenvalue weighted by atomic mass is 9.96. The van der Waals surface area contributed by atoms with Gasteiger partial charge in [-0.2, -0.15) is 0 Å². The van der Waals surface area contributed by atoms with Gasteiger partial charge in [-0.3, -0.25) is 4.79 Å². The third kappa shape index (κ3) is 5.01. The molecule has 116 valence electrons. The summed E-state index contributed by atoms with van der Waals surface area (Å²) < 4.78 is 18.4. The third-order valence-electron chi connectivity index (χ3n) is 3.85. The maximum Gasteiger partial charge on any atom is 0.224 e. The van der Waals surface area contributed by atoms with E-state index in [2.05, 4.69) is 10.6 Å². The molecule has 0 saturated carbocycles. The minimum Gasteiger partial charge on any atom is -0.494 e. The summed E-state index contributed by atoms with van der Waals surface area (Å²) >= 11 is 0. The monoisotopic (exact) mass is 294 g/mol. The minimum absolute atomic E-state index is 0.0664. The number of ether oxygens (including phenoxy) is 1. The molecule has 1 atom stereocenters. The summed E-state index contributed by atoms with van der Waals surface area (Å²) in [5.74, 6) is 0.348. The zero-order chi connectivity index (χ0) is 15.1. The van der Waals surface area contributed by atoms with Gasteiger partial charge in [-0.25, -0.2) is 4.39 Å². The molecule has 1 aliphatic rings. The summed E-state index contributed by atoms with van der Waals surface area (Å²) in [6, 6.07) is 4.61. The molecule has 1 unspecified atom stereocenters. The van der Waals surface area contributed by atoms with Crippen LogP contribution in [0.1, 0.15) is 24.8 Å². The van der Waals surface area contributed by atoms with E-state index in [1.165, 1.54) is 26.0 Å². The second kappa shape index (κ2) is 7.98. The molecule has 0 aromatic heterocycles. The highest BCUT2D eigenvalue weighted by Crippen LogP contribution is 2.18. The van der Waals surface area contributed by atoms with Gasteiger partial charge in [-0.1, -0.05) is 6.07 Å². The number of carbonyl (C=O) groups excluding carboxylic acids is 1. The van der Waals surface area contributed by atoms with Crippen LogP contribution >= 0.6 is 0 Å². The van der Waals surface area contributed by atoms with Crippen molar-refractivity contribution in [1.29, 1.82) is 0 Å². The van der Waals surface area contributed by atoms with Crippen molar-refractivity contribution in [2.75, 3.05) is 26.7 Å². The van der Waals surface area contributed by atoms with Crippen molar-refractivity contribution in [1.82, 2.24) is 10.6 Å². The molecule has 0 aliphatic carbocycles. The van der Waals surface area contributed by atoms with Crippen molar-refractivity contribution in [2.45, 2.75) is 25.7 Å². The Morgan fingerprint density at radius 1 is 1.52 bits per heavy atom. The number of benzene rings is 1. The molecule has 4 nitrogen and oxygen atoms in total. The molecule has 1 aromatic rings. The molecule has 0 radical (unpaired) electrons. The first-order valence-electron chi connectivity index (χ1n) is 7.49. The van der Waals surface area contributed by atoms with Gasteiger partial charge in [-0.15, -0.1) is 0 Å². The van der Waals surface area contributed by atoms with E-state index in [1.807, 2.05) is 0 Å². The lowest BCUT2D eigenvalue weighted by Crippen LogP contribution is -2.33. The first-order chi connectivity index (χ1) is 10.2. The van der Waals surface area contributed by atoms with Crippen molar-refractivity contribution < 1.29 is 13.9 Å². The van der Waals surface area contributed by atoms with E-state index in [4.69, 9.17) is 4.74 Å². The number of hydrogen-bond acceptors (Lipinski definition) is 3. The van der Waals surface area contributed by atoms with Crippen LogP contribution in [-0.4, -0.2) is 32.7 Å². The van der Waals surface area contributed by atoms with Gasteiger partial charge < -0.3 is 15.4 Å². The Bertz CT molecular complexity index is 473. The maximum atomic E-state index is 13.5. The summed E-state index contributed by atoms with van der Waals surface area (Å²) in [6.07, 6.45) is 3.63.